The van der Waals surface area contributed by atoms with Crippen molar-refractivity contribution in [3.05, 3.63) is 23.3 Å². The van der Waals surface area contributed by atoms with Crippen molar-refractivity contribution in [2.45, 2.75) is 13.0 Å². The Balaban J connectivity index is 2.30. The average Bonchev–Trinajstić information content (AvgIpc) is 2.76. The van der Waals surface area contributed by atoms with Crippen LogP contribution < -0.4 is 15.4 Å². The number of hydrogen-bond donors (Lipinski definition) is 1. The lowest BCUT2D eigenvalue weighted by Crippen LogP contribution is -2.07. The van der Waals surface area contributed by atoms with E-state index in [2.05, 4.69) is 4.84 Å². The molecule has 5 heteroatoms. The molecule has 0 atom stereocenters. The van der Waals surface area contributed by atoms with E-state index in [0.29, 0.717) is 19.6 Å². The van der Waals surface area contributed by atoms with Gasteiger partial charge in [-0.15, -0.1) is 0 Å². The lowest BCUT2D eigenvalue weighted by molar-refractivity contribution is 0.138. The summed E-state index contributed by atoms with van der Waals surface area (Å²) in [5, 5.41) is 0. The Kier molecular flexibility index (Phi) is 3.61. The van der Waals surface area contributed by atoms with Crippen molar-refractivity contribution in [2.24, 2.45) is 5.90 Å². The third-order valence-corrected chi connectivity index (χ3v) is 2.51. The van der Waals surface area contributed by atoms with Gasteiger partial charge in [0, 0.05) is 19.1 Å². The summed E-state index contributed by atoms with van der Waals surface area (Å²) in [7, 11) is 1.66. The summed E-state index contributed by atoms with van der Waals surface area (Å²) < 4.78 is 15.9. The highest BCUT2D eigenvalue weighted by molar-refractivity contribution is 5.52. The average molecular weight is 225 g/mol. The number of methoxy groups -OCH3 is 1. The lowest BCUT2D eigenvalue weighted by Gasteiger charge is -2.11. The topological polar surface area (TPSA) is 62.9 Å². The minimum Gasteiger partial charge on any atom is -0.454 e. The lowest BCUT2D eigenvalue weighted by atomic mass is 10.0. The molecule has 0 unspecified atom stereocenters. The smallest absolute Gasteiger partial charge is 0.231 e. The molecule has 0 saturated carbocycles. The normalized spacial score (nSPS) is 13.1. The summed E-state index contributed by atoms with van der Waals surface area (Å²) in [5.74, 6) is 6.60. The van der Waals surface area contributed by atoms with E-state index in [1.165, 1.54) is 0 Å². The molecule has 0 radical (unpaired) electrons. The van der Waals surface area contributed by atoms with E-state index in [1.54, 1.807) is 7.11 Å². The Hall–Kier alpha value is -1.30. The quantitative estimate of drug-likeness (QED) is 0.757. The van der Waals surface area contributed by atoms with Crippen LogP contribution in [-0.2, 0) is 22.6 Å². The van der Waals surface area contributed by atoms with Gasteiger partial charge in [-0.1, -0.05) is 6.07 Å². The molecular formula is C11H15NO4. The van der Waals surface area contributed by atoms with E-state index in [9.17, 15) is 0 Å². The zero-order valence-electron chi connectivity index (χ0n) is 9.19. The first-order chi connectivity index (χ1) is 7.86. The van der Waals surface area contributed by atoms with Crippen LogP contribution in [0, 0.1) is 0 Å². The molecule has 2 N–H and O–H groups in total. The monoisotopic (exact) mass is 225 g/mol. The fourth-order valence-electron chi connectivity index (χ4n) is 1.80. The Labute approximate surface area is 94.0 Å². The summed E-state index contributed by atoms with van der Waals surface area (Å²) in [6, 6.07) is 3.87. The zero-order chi connectivity index (χ0) is 11.4. The van der Waals surface area contributed by atoms with Crippen molar-refractivity contribution < 1.29 is 19.0 Å². The van der Waals surface area contributed by atoms with Crippen LogP contribution in [0.3, 0.4) is 0 Å². The van der Waals surface area contributed by atoms with Crippen molar-refractivity contribution >= 4 is 0 Å². The highest BCUT2D eigenvalue weighted by Crippen LogP contribution is 2.38. The first-order valence-corrected chi connectivity index (χ1v) is 5.07. The van der Waals surface area contributed by atoms with Crippen molar-refractivity contribution in [3.63, 3.8) is 0 Å². The Morgan fingerprint density at radius 3 is 3.00 bits per heavy atom. The predicted octanol–water partition coefficient (Wildman–Crippen LogP) is 0.994. The molecule has 16 heavy (non-hydrogen) atoms. The maximum Gasteiger partial charge on any atom is 0.231 e. The fraction of sp³-hybridized carbons (Fsp3) is 0.455. The summed E-state index contributed by atoms with van der Waals surface area (Å²) in [4.78, 5) is 4.60. The predicted molar refractivity (Wildman–Crippen MR) is 57.1 cm³/mol. The molecule has 2 rings (SSSR count). The van der Waals surface area contributed by atoms with Gasteiger partial charge in [-0.2, -0.15) is 0 Å². The van der Waals surface area contributed by atoms with Crippen molar-refractivity contribution in [1.82, 2.24) is 0 Å². The molecule has 1 aliphatic heterocycles. The minimum atomic E-state index is 0.266. The van der Waals surface area contributed by atoms with Crippen LogP contribution in [0.15, 0.2) is 12.1 Å². The number of nitrogens with two attached hydrogens (primary N) is 1. The van der Waals surface area contributed by atoms with Crippen LogP contribution in [0.4, 0.5) is 0 Å². The largest absolute Gasteiger partial charge is 0.454 e. The van der Waals surface area contributed by atoms with Gasteiger partial charge >= 0.3 is 0 Å². The maximum absolute atomic E-state index is 5.44. The van der Waals surface area contributed by atoms with Crippen LogP contribution in [0.25, 0.3) is 0 Å². The van der Waals surface area contributed by atoms with Gasteiger partial charge < -0.3 is 19.0 Å². The van der Waals surface area contributed by atoms with E-state index >= 15 is 0 Å². The summed E-state index contributed by atoms with van der Waals surface area (Å²) >= 11 is 0. The van der Waals surface area contributed by atoms with E-state index in [-0.39, 0.29) is 6.79 Å². The highest BCUT2D eigenvalue weighted by atomic mass is 16.7. The third-order valence-electron chi connectivity index (χ3n) is 2.51. The third kappa shape index (κ3) is 2.11. The zero-order valence-corrected chi connectivity index (χ0v) is 9.19. The van der Waals surface area contributed by atoms with E-state index in [0.717, 1.165) is 22.6 Å². The summed E-state index contributed by atoms with van der Waals surface area (Å²) in [5.41, 5.74) is 2.12. The van der Waals surface area contributed by atoms with Gasteiger partial charge in [0.25, 0.3) is 0 Å². The molecular weight excluding hydrogens is 210 g/mol. The van der Waals surface area contributed by atoms with Gasteiger partial charge in [-0.05, 0) is 11.6 Å². The maximum atomic E-state index is 5.44. The molecule has 1 heterocycles. The standard InChI is InChI=1S/C11H15NO4/c1-13-6-8-2-3-10-11(15-7-14-10)9(8)4-5-16-12/h2-3H,4-7,12H2,1H3. The van der Waals surface area contributed by atoms with Gasteiger partial charge in [0.05, 0.1) is 13.2 Å². The summed E-state index contributed by atoms with van der Waals surface area (Å²) in [6.07, 6.45) is 0.682. The Morgan fingerprint density at radius 1 is 1.38 bits per heavy atom. The number of benzene rings is 1. The van der Waals surface area contributed by atoms with E-state index in [1.807, 2.05) is 12.1 Å². The van der Waals surface area contributed by atoms with E-state index < -0.39 is 0 Å². The molecule has 0 spiro atoms. The molecule has 88 valence electrons. The number of hydrogen-bond acceptors (Lipinski definition) is 5. The molecule has 0 bridgehead atoms. The van der Waals surface area contributed by atoms with Crippen LogP contribution in [-0.4, -0.2) is 20.5 Å². The van der Waals surface area contributed by atoms with Crippen molar-refractivity contribution in [3.8, 4) is 11.5 Å². The first-order valence-electron chi connectivity index (χ1n) is 5.07. The second kappa shape index (κ2) is 5.16. The number of ether oxygens (including phenoxy) is 3. The molecule has 0 aromatic heterocycles. The highest BCUT2D eigenvalue weighted by Gasteiger charge is 2.20. The second-order valence-corrected chi connectivity index (χ2v) is 3.49. The molecule has 5 nitrogen and oxygen atoms in total. The minimum absolute atomic E-state index is 0.266. The second-order valence-electron chi connectivity index (χ2n) is 3.49. The molecule has 1 aliphatic rings. The Bertz CT molecular complexity index is 367. The van der Waals surface area contributed by atoms with Crippen LogP contribution in [0.2, 0.25) is 0 Å². The SMILES string of the molecule is COCc1ccc2c(c1CCON)OCO2. The Morgan fingerprint density at radius 2 is 2.25 bits per heavy atom. The molecule has 0 saturated heterocycles. The number of fused-ring (bicyclic) bond motifs is 1. The van der Waals surface area contributed by atoms with Crippen molar-refractivity contribution in [1.29, 1.82) is 0 Å². The van der Waals surface area contributed by atoms with Crippen LogP contribution >= 0.6 is 0 Å². The molecule has 0 amide bonds. The first kappa shape index (κ1) is 11.2. The summed E-state index contributed by atoms with van der Waals surface area (Å²) in [6.45, 7) is 1.25. The molecule has 1 aromatic rings. The van der Waals surface area contributed by atoms with Gasteiger partial charge in [-0.3, -0.25) is 0 Å². The van der Waals surface area contributed by atoms with Gasteiger partial charge in [0.15, 0.2) is 11.5 Å². The van der Waals surface area contributed by atoms with E-state index in [4.69, 9.17) is 20.1 Å². The van der Waals surface area contributed by atoms with Gasteiger partial charge in [0.1, 0.15) is 0 Å². The molecule has 0 fully saturated rings. The number of rotatable bonds is 5. The van der Waals surface area contributed by atoms with Crippen LogP contribution in [0.1, 0.15) is 11.1 Å². The van der Waals surface area contributed by atoms with Gasteiger partial charge in [0.2, 0.25) is 6.79 Å². The molecule has 1 aromatic carbocycles. The fourth-order valence-corrected chi connectivity index (χ4v) is 1.80. The van der Waals surface area contributed by atoms with Crippen molar-refractivity contribution in [2.75, 3.05) is 20.5 Å². The van der Waals surface area contributed by atoms with Gasteiger partial charge in [-0.25, -0.2) is 5.90 Å². The van der Waals surface area contributed by atoms with Crippen LogP contribution in [0.5, 0.6) is 11.5 Å². The molecule has 0 aliphatic carbocycles.